The molecule has 0 aliphatic carbocycles. The molecule has 1 unspecified atom stereocenters. The van der Waals surface area contributed by atoms with Gasteiger partial charge in [0.25, 0.3) is 5.91 Å². The lowest BCUT2D eigenvalue weighted by atomic mass is 10.0. The van der Waals surface area contributed by atoms with Crippen molar-refractivity contribution in [2.75, 3.05) is 18.0 Å². The van der Waals surface area contributed by atoms with E-state index < -0.39 is 0 Å². The smallest absolute Gasteiger partial charge is 0.254 e. The van der Waals surface area contributed by atoms with Gasteiger partial charge in [-0.15, -0.1) is 0 Å². The second kappa shape index (κ2) is 7.51. The summed E-state index contributed by atoms with van der Waals surface area (Å²) in [5.74, 6) is -0.132. The molecule has 27 heavy (non-hydrogen) atoms. The van der Waals surface area contributed by atoms with Crippen LogP contribution in [-0.4, -0.2) is 29.8 Å². The zero-order valence-electron chi connectivity index (χ0n) is 15.2. The van der Waals surface area contributed by atoms with E-state index in [0.29, 0.717) is 18.5 Å². The maximum absolute atomic E-state index is 13.2. The van der Waals surface area contributed by atoms with E-state index >= 15 is 0 Å². The second-order valence-electron chi connectivity index (χ2n) is 7.26. The summed E-state index contributed by atoms with van der Waals surface area (Å²) < 4.78 is 13.2. The van der Waals surface area contributed by atoms with Crippen LogP contribution in [0.15, 0.2) is 48.5 Å². The summed E-state index contributed by atoms with van der Waals surface area (Å²) >= 11 is 0. The highest BCUT2D eigenvalue weighted by molar-refractivity contribution is 5.97. The molecule has 2 heterocycles. The topological polar surface area (TPSA) is 40.6 Å². The van der Waals surface area contributed by atoms with Gasteiger partial charge >= 0.3 is 0 Å². The molecule has 2 saturated heterocycles. The van der Waals surface area contributed by atoms with Crippen molar-refractivity contribution in [3.05, 3.63) is 65.5 Å². The third-order valence-electron chi connectivity index (χ3n) is 5.52. The summed E-state index contributed by atoms with van der Waals surface area (Å²) in [5, 5.41) is 0. The fraction of sp³-hybridized carbons (Fsp3) is 0.364. The Morgan fingerprint density at radius 3 is 2.37 bits per heavy atom. The van der Waals surface area contributed by atoms with Crippen LogP contribution in [0.4, 0.5) is 10.1 Å². The van der Waals surface area contributed by atoms with E-state index in [2.05, 4.69) is 0 Å². The van der Waals surface area contributed by atoms with Crippen LogP contribution in [0.3, 0.4) is 0 Å². The minimum Gasteiger partial charge on any atom is -0.332 e. The van der Waals surface area contributed by atoms with Gasteiger partial charge in [-0.3, -0.25) is 9.59 Å². The molecule has 1 atom stereocenters. The monoisotopic (exact) mass is 366 g/mol. The van der Waals surface area contributed by atoms with Gasteiger partial charge in [0.05, 0.1) is 6.04 Å². The van der Waals surface area contributed by atoms with Gasteiger partial charge in [0.15, 0.2) is 0 Å². The molecule has 0 radical (unpaired) electrons. The van der Waals surface area contributed by atoms with Gasteiger partial charge < -0.3 is 9.80 Å². The van der Waals surface area contributed by atoms with Crippen LogP contribution >= 0.6 is 0 Å². The number of benzene rings is 2. The van der Waals surface area contributed by atoms with E-state index in [4.69, 9.17) is 0 Å². The summed E-state index contributed by atoms with van der Waals surface area (Å²) in [6.45, 7) is 1.44. The highest BCUT2D eigenvalue weighted by Gasteiger charge is 2.30. The molecule has 0 spiro atoms. The fourth-order valence-corrected chi connectivity index (χ4v) is 4.07. The van der Waals surface area contributed by atoms with Crippen molar-refractivity contribution >= 4 is 17.5 Å². The van der Waals surface area contributed by atoms with Gasteiger partial charge in [-0.1, -0.05) is 12.1 Å². The summed E-state index contributed by atoms with van der Waals surface area (Å²) in [6.07, 6.45) is 4.38. The zero-order valence-corrected chi connectivity index (χ0v) is 15.2. The Hall–Kier alpha value is -2.69. The third kappa shape index (κ3) is 3.59. The average molecular weight is 366 g/mol. The number of hydrogen-bond acceptors (Lipinski definition) is 2. The first-order valence-electron chi connectivity index (χ1n) is 9.60. The van der Waals surface area contributed by atoms with E-state index in [0.717, 1.165) is 43.5 Å². The summed E-state index contributed by atoms with van der Waals surface area (Å²) in [6, 6.07) is 13.7. The second-order valence-corrected chi connectivity index (χ2v) is 7.26. The molecule has 0 bridgehead atoms. The van der Waals surface area contributed by atoms with Crippen molar-refractivity contribution in [1.29, 1.82) is 0 Å². The minimum absolute atomic E-state index is 0.0125. The zero-order chi connectivity index (χ0) is 18.8. The number of hydrogen-bond donors (Lipinski definition) is 0. The van der Waals surface area contributed by atoms with Crippen LogP contribution < -0.4 is 4.90 Å². The minimum atomic E-state index is -0.266. The van der Waals surface area contributed by atoms with E-state index in [-0.39, 0.29) is 23.7 Å². The quantitative estimate of drug-likeness (QED) is 0.812. The fourth-order valence-electron chi connectivity index (χ4n) is 4.07. The maximum atomic E-state index is 13.2. The SMILES string of the molecule is O=C1CCCCN1c1ccc(C(=O)N2CCCC2c2ccc(F)cc2)cc1. The van der Waals surface area contributed by atoms with E-state index in [1.807, 2.05) is 17.0 Å². The molecule has 0 saturated carbocycles. The number of carbonyl (C=O) groups excluding carboxylic acids is 2. The summed E-state index contributed by atoms with van der Waals surface area (Å²) in [7, 11) is 0. The van der Waals surface area contributed by atoms with Crippen LogP contribution in [0.1, 0.15) is 54.1 Å². The lowest BCUT2D eigenvalue weighted by Crippen LogP contribution is -2.35. The molecule has 2 aromatic carbocycles. The molecule has 2 fully saturated rings. The molecule has 0 N–H and O–H groups in total. The predicted octanol–water partition coefficient (Wildman–Crippen LogP) is 4.32. The lowest BCUT2D eigenvalue weighted by Gasteiger charge is -2.28. The molecule has 2 aromatic rings. The molecule has 4 rings (SSSR count). The molecule has 140 valence electrons. The molecule has 2 amide bonds. The number of amides is 2. The number of halogens is 1. The molecule has 4 nitrogen and oxygen atoms in total. The Kier molecular flexibility index (Phi) is 4.92. The molecule has 2 aliphatic rings. The molecular formula is C22H23FN2O2. The maximum Gasteiger partial charge on any atom is 0.254 e. The highest BCUT2D eigenvalue weighted by Crippen LogP contribution is 2.33. The standard InChI is InChI=1S/C22H23FN2O2/c23-18-10-6-16(7-11-18)20-4-3-15-25(20)22(27)17-8-12-19(13-9-17)24-14-2-1-5-21(24)26/h6-13,20H,1-5,14-15H2. The van der Waals surface area contributed by atoms with Gasteiger partial charge in [-0.2, -0.15) is 0 Å². The van der Waals surface area contributed by atoms with Gasteiger partial charge in [-0.25, -0.2) is 4.39 Å². The normalized spacial score (nSPS) is 20.2. The van der Waals surface area contributed by atoms with Gasteiger partial charge in [0.2, 0.25) is 5.91 Å². The number of piperidine rings is 1. The molecule has 5 heteroatoms. The molecular weight excluding hydrogens is 343 g/mol. The molecule has 0 aromatic heterocycles. The third-order valence-corrected chi connectivity index (χ3v) is 5.52. The Morgan fingerprint density at radius 1 is 0.926 bits per heavy atom. The summed E-state index contributed by atoms with van der Waals surface area (Å²) in [4.78, 5) is 28.8. The predicted molar refractivity (Wildman–Crippen MR) is 102 cm³/mol. The van der Waals surface area contributed by atoms with Crippen molar-refractivity contribution in [2.45, 2.75) is 38.1 Å². The van der Waals surface area contributed by atoms with Crippen molar-refractivity contribution in [2.24, 2.45) is 0 Å². The van der Waals surface area contributed by atoms with Crippen LogP contribution in [-0.2, 0) is 4.79 Å². The Labute approximate surface area is 158 Å². The first-order chi connectivity index (χ1) is 13.1. The van der Waals surface area contributed by atoms with Gasteiger partial charge in [-0.05, 0) is 67.6 Å². The first-order valence-corrected chi connectivity index (χ1v) is 9.60. The van der Waals surface area contributed by atoms with Gasteiger partial charge in [0, 0.05) is 30.8 Å². The van der Waals surface area contributed by atoms with Crippen LogP contribution in [0.25, 0.3) is 0 Å². The van der Waals surface area contributed by atoms with Crippen molar-refractivity contribution in [1.82, 2.24) is 4.90 Å². The number of likely N-dealkylation sites (tertiary alicyclic amines) is 1. The average Bonchev–Trinajstić information content (AvgIpc) is 3.18. The van der Waals surface area contributed by atoms with Crippen LogP contribution in [0.2, 0.25) is 0 Å². The Morgan fingerprint density at radius 2 is 1.67 bits per heavy atom. The van der Waals surface area contributed by atoms with Crippen molar-refractivity contribution < 1.29 is 14.0 Å². The largest absolute Gasteiger partial charge is 0.332 e. The Bertz CT molecular complexity index is 832. The first kappa shape index (κ1) is 17.7. The van der Waals surface area contributed by atoms with E-state index in [1.165, 1.54) is 12.1 Å². The molecule has 2 aliphatic heterocycles. The Balaban J connectivity index is 1.51. The van der Waals surface area contributed by atoms with E-state index in [1.54, 1.807) is 29.2 Å². The number of carbonyl (C=O) groups is 2. The lowest BCUT2D eigenvalue weighted by molar-refractivity contribution is -0.119. The van der Waals surface area contributed by atoms with E-state index in [9.17, 15) is 14.0 Å². The highest BCUT2D eigenvalue weighted by atomic mass is 19.1. The van der Waals surface area contributed by atoms with Gasteiger partial charge in [0.1, 0.15) is 5.82 Å². The number of rotatable bonds is 3. The summed E-state index contributed by atoms with van der Waals surface area (Å²) in [5.41, 5.74) is 2.45. The number of nitrogens with zero attached hydrogens (tertiary/aromatic N) is 2. The van der Waals surface area contributed by atoms with Crippen LogP contribution in [0.5, 0.6) is 0 Å². The number of anilines is 1. The van der Waals surface area contributed by atoms with Crippen LogP contribution in [0, 0.1) is 5.82 Å². The van der Waals surface area contributed by atoms with Crippen molar-refractivity contribution in [3.8, 4) is 0 Å². The van der Waals surface area contributed by atoms with Crippen molar-refractivity contribution in [3.63, 3.8) is 0 Å².